The summed E-state index contributed by atoms with van der Waals surface area (Å²) in [5.74, 6) is 1.55. The lowest BCUT2D eigenvalue weighted by atomic mass is 10.1. The van der Waals surface area contributed by atoms with Crippen LogP contribution in [0.2, 0.25) is 0 Å². The fraction of sp³-hybridized carbons (Fsp3) is 0.357. The van der Waals surface area contributed by atoms with E-state index in [9.17, 15) is 0 Å². The Labute approximate surface area is 116 Å². The van der Waals surface area contributed by atoms with Gasteiger partial charge in [0.15, 0.2) is 11.5 Å². The number of nitrogens with two attached hydrogens (primary N) is 1. The summed E-state index contributed by atoms with van der Waals surface area (Å²) >= 11 is 0. The van der Waals surface area contributed by atoms with Gasteiger partial charge in [0.25, 0.3) is 0 Å². The van der Waals surface area contributed by atoms with Crippen LogP contribution in [0, 0.1) is 0 Å². The first kappa shape index (κ1) is 12.8. The molecule has 3 rings (SSSR count). The maximum atomic E-state index is 6.02. The molecule has 0 amide bonds. The van der Waals surface area contributed by atoms with Crippen molar-refractivity contribution in [2.75, 3.05) is 26.1 Å². The molecule has 2 aromatic rings. The molecule has 1 aliphatic rings. The summed E-state index contributed by atoms with van der Waals surface area (Å²) in [7, 11) is 1.61. The molecule has 2 heterocycles. The van der Waals surface area contributed by atoms with Gasteiger partial charge in [-0.15, -0.1) is 0 Å². The van der Waals surface area contributed by atoms with Crippen LogP contribution in [0.15, 0.2) is 28.8 Å². The van der Waals surface area contributed by atoms with Gasteiger partial charge in [-0.05, 0) is 12.1 Å². The summed E-state index contributed by atoms with van der Waals surface area (Å²) in [5.41, 5.74) is 6.99. The van der Waals surface area contributed by atoms with Crippen molar-refractivity contribution in [2.45, 2.75) is 12.5 Å². The van der Waals surface area contributed by atoms with Crippen molar-refractivity contribution in [3.05, 3.63) is 24.3 Å². The van der Waals surface area contributed by atoms with E-state index in [1.165, 1.54) is 0 Å². The molecule has 0 aliphatic carbocycles. The van der Waals surface area contributed by atoms with Gasteiger partial charge in [-0.3, -0.25) is 0 Å². The molecule has 1 aromatic carbocycles. The van der Waals surface area contributed by atoms with Gasteiger partial charge < -0.3 is 24.5 Å². The number of rotatable bonds is 4. The Morgan fingerprint density at radius 1 is 1.40 bits per heavy atom. The summed E-state index contributed by atoms with van der Waals surface area (Å²) in [6.07, 6.45) is 0.882. The number of nitrogen functional groups attached to an aromatic ring is 1. The summed E-state index contributed by atoms with van der Waals surface area (Å²) < 4.78 is 21.6. The molecule has 1 saturated heterocycles. The molecule has 6 nitrogen and oxygen atoms in total. The lowest BCUT2D eigenvalue weighted by Gasteiger charge is -2.17. The zero-order valence-corrected chi connectivity index (χ0v) is 11.2. The molecular formula is C14H16N2O4. The molecule has 20 heavy (non-hydrogen) atoms. The molecule has 1 aromatic heterocycles. The highest BCUT2D eigenvalue weighted by Crippen LogP contribution is 2.39. The lowest BCUT2D eigenvalue weighted by molar-refractivity contribution is 0.139. The molecule has 1 unspecified atom stereocenters. The quantitative estimate of drug-likeness (QED) is 0.921. The summed E-state index contributed by atoms with van der Waals surface area (Å²) in [6, 6.07) is 7.27. The monoisotopic (exact) mass is 276 g/mol. The summed E-state index contributed by atoms with van der Waals surface area (Å²) in [6.45, 7) is 1.30. The molecule has 1 aliphatic heterocycles. The highest BCUT2D eigenvalue weighted by atomic mass is 16.6. The molecule has 0 spiro atoms. The maximum absolute atomic E-state index is 6.02. The predicted molar refractivity (Wildman–Crippen MR) is 72.8 cm³/mol. The number of ether oxygens (including phenoxy) is 3. The van der Waals surface area contributed by atoms with Crippen LogP contribution in [-0.4, -0.2) is 31.6 Å². The number of aromatic nitrogens is 1. The van der Waals surface area contributed by atoms with E-state index in [4.69, 9.17) is 24.5 Å². The highest BCUT2D eigenvalue weighted by molar-refractivity contribution is 5.72. The van der Waals surface area contributed by atoms with E-state index in [-0.39, 0.29) is 12.0 Å². The average molecular weight is 276 g/mol. The van der Waals surface area contributed by atoms with Gasteiger partial charge in [-0.2, -0.15) is 0 Å². The highest BCUT2D eigenvalue weighted by Gasteiger charge is 2.22. The van der Waals surface area contributed by atoms with Gasteiger partial charge in [0.1, 0.15) is 11.8 Å². The number of methoxy groups -OCH3 is 1. The molecule has 0 radical (unpaired) electrons. The van der Waals surface area contributed by atoms with Crippen LogP contribution in [0.4, 0.5) is 5.88 Å². The number of hydrogen-bond donors (Lipinski definition) is 1. The predicted octanol–water partition coefficient (Wildman–Crippen LogP) is 2.10. The average Bonchev–Trinajstić information content (AvgIpc) is 3.11. The fourth-order valence-electron chi connectivity index (χ4n) is 2.19. The van der Waals surface area contributed by atoms with Crippen LogP contribution >= 0.6 is 0 Å². The van der Waals surface area contributed by atoms with Crippen molar-refractivity contribution >= 4 is 5.88 Å². The van der Waals surface area contributed by atoms with Crippen molar-refractivity contribution in [3.8, 4) is 22.8 Å². The molecular weight excluding hydrogens is 260 g/mol. The van der Waals surface area contributed by atoms with Crippen LogP contribution in [-0.2, 0) is 4.74 Å². The number of anilines is 1. The standard InChI is InChI=1S/C14H16N2O4/c1-17-12-4-2-3-10(11-7-13(15)20-16-11)14(12)19-9-5-6-18-8-9/h2-4,7,9H,5-6,8,15H2,1H3. The summed E-state index contributed by atoms with van der Waals surface area (Å²) in [5, 5.41) is 3.93. The van der Waals surface area contributed by atoms with E-state index < -0.39 is 0 Å². The Morgan fingerprint density at radius 2 is 2.30 bits per heavy atom. The Bertz CT molecular complexity index is 591. The van der Waals surface area contributed by atoms with Crippen LogP contribution < -0.4 is 15.2 Å². The first-order chi connectivity index (χ1) is 9.78. The minimum atomic E-state index is 0.0225. The smallest absolute Gasteiger partial charge is 0.222 e. The largest absolute Gasteiger partial charge is 0.493 e. The summed E-state index contributed by atoms with van der Waals surface area (Å²) in [4.78, 5) is 0. The molecule has 1 fully saturated rings. The van der Waals surface area contributed by atoms with E-state index in [2.05, 4.69) is 5.16 Å². The Hall–Kier alpha value is -2.21. The number of para-hydroxylation sites is 1. The van der Waals surface area contributed by atoms with Crippen LogP contribution in [0.3, 0.4) is 0 Å². The second-order valence-electron chi connectivity index (χ2n) is 4.55. The minimum Gasteiger partial charge on any atom is -0.493 e. The second-order valence-corrected chi connectivity index (χ2v) is 4.55. The van der Waals surface area contributed by atoms with E-state index in [1.54, 1.807) is 13.2 Å². The van der Waals surface area contributed by atoms with Gasteiger partial charge >= 0.3 is 0 Å². The van der Waals surface area contributed by atoms with Crippen LogP contribution in [0.1, 0.15) is 6.42 Å². The number of hydrogen-bond acceptors (Lipinski definition) is 6. The van der Waals surface area contributed by atoms with Crippen molar-refractivity contribution < 1.29 is 18.7 Å². The van der Waals surface area contributed by atoms with Crippen LogP contribution in [0.5, 0.6) is 11.5 Å². The van der Waals surface area contributed by atoms with Crippen molar-refractivity contribution in [2.24, 2.45) is 0 Å². The second kappa shape index (κ2) is 5.42. The zero-order chi connectivity index (χ0) is 13.9. The molecule has 6 heteroatoms. The zero-order valence-electron chi connectivity index (χ0n) is 11.2. The SMILES string of the molecule is COc1cccc(-c2cc(N)on2)c1OC1CCOC1. The topological polar surface area (TPSA) is 79.7 Å². The lowest BCUT2D eigenvalue weighted by Crippen LogP contribution is -2.16. The third-order valence-electron chi connectivity index (χ3n) is 3.18. The van der Waals surface area contributed by atoms with E-state index in [0.29, 0.717) is 30.4 Å². The molecule has 0 bridgehead atoms. The van der Waals surface area contributed by atoms with Gasteiger partial charge in [0.2, 0.25) is 5.88 Å². The molecule has 1 atom stereocenters. The van der Waals surface area contributed by atoms with E-state index >= 15 is 0 Å². The van der Waals surface area contributed by atoms with Crippen LogP contribution in [0.25, 0.3) is 11.3 Å². The Morgan fingerprint density at radius 3 is 2.95 bits per heavy atom. The van der Waals surface area contributed by atoms with Gasteiger partial charge in [0.05, 0.1) is 20.3 Å². The fourth-order valence-corrected chi connectivity index (χ4v) is 2.19. The number of benzene rings is 1. The van der Waals surface area contributed by atoms with Crippen molar-refractivity contribution in [1.82, 2.24) is 5.16 Å². The first-order valence-electron chi connectivity index (χ1n) is 6.42. The maximum Gasteiger partial charge on any atom is 0.222 e. The van der Waals surface area contributed by atoms with Gasteiger partial charge in [0, 0.05) is 18.1 Å². The van der Waals surface area contributed by atoms with E-state index in [0.717, 1.165) is 12.0 Å². The third-order valence-corrected chi connectivity index (χ3v) is 3.18. The normalized spacial score (nSPS) is 18.1. The molecule has 106 valence electrons. The third kappa shape index (κ3) is 2.42. The molecule has 2 N–H and O–H groups in total. The number of nitrogens with zero attached hydrogens (tertiary/aromatic N) is 1. The minimum absolute atomic E-state index is 0.0225. The Balaban J connectivity index is 1.99. The molecule has 0 saturated carbocycles. The Kier molecular flexibility index (Phi) is 3.47. The van der Waals surface area contributed by atoms with Crippen molar-refractivity contribution in [3.63, 3.8) is 0 Å². The first-order valence-corrected chi connectivity index (χ1v) is 6.42. The van der Waals surface area contributed by atoms with Gasteiger partial charge in [-0.25, -0.2) is 0 Å². The van der Waals surface area contributed by atoms with Gasteiger partial charge in [-0.1, -0.05) is 11.2 Å². The van der Waals surface area contributed by atoms with E-state index in [1.807, 2.05) is 18.2 Å². The van der Waals surface area contributed by atoms with Crippen molar-refractivity contribution in [1.29, 1.82) is 0 Å².